The molecular weight excluding hydrogens is 279 g/mol. The summed E-state index contributed by atoms with van der Waals surface area (Å²) in [6.45, 7) is 5.05. The van der Waals surface area contributed by atoms with Crippen molar-refractivity contribution >= 4 is 23.2 Å². The lowest BCUT2D eigenvalue weighted by atomic mass is 10.0. The van der Waals surface area contributed by atoms with Crippen molar-refractivity contribution in [3.8, 4) is 0 Å². The maximum Gasteiger partial charge on any atom is 0.225 e. The van der Waals surface area contributed by atoms with E-state index in [9.17, 15) is 9.18 Å². The quantitative estimate of drug-likeness (QED) is 0.922. The van der Waals surface area contributed by atoms with Gasteiger partial charge in [-0.1, -0.05) is 18.5 Å². The molecule has 1 fully saturated rings. The van der Waals surface area contributed by atoms with Crippen molar-refractivity contribution in [2.24, 2.45) is 5.92 Å². The molecule has 0 spiro atoms. The molecule has 0 unspecified atom stereocenters. The molecule has 1 saturated heterocycles. The summed E-state index contributed by atoms with van der Waals surface area (Å²) in [6.07, 6.45) is 2.84. The molecule has 1 amide bonds. The van der Waals surface area contributed by atoms with E-state index in [4.69, 9.17) is 11.6 Å². The van der Waals surface area contributed by atoms with Gasteiger partial charge in [-0.25, -0.2) is 4.39 Å². The monoisotopic (exact) mass is 298 g/mol. The van der Waals surface area contributed by atoms with Gasteiger partial charge in [0, 0.05) is 24.5 Å². The fourth-order valence-electron chi connectivity index (χ4n) is 2.55. The molecule has 1 aliphatic heterocycles. The summed E-state index contributed by atoms with van der Waals surface area (Å²) in [5.74, 6) is 0.0300. The van der Waals surface area contributed by atoms with Gasteiger partial charge in [0.15, 0.2) is 0 Å². The zero-order chi connectivity index (χ0) is 14.5. The number of halogens is 2. The minimum Gasteiger partial charge on any atom is -0.324 e. The summed E-state index contributed by atoms with van der Waals surface area (Å²) < 4.78 is 13.5. The molecule has 1 heterocycles. The molecule has 20 heavy (non-hydrogen) atoms. The van der Waals surface area contributed by atoms with Crippen molar-refractivity contribution in [3.05, 3.63) is 29.0 Å². The molecule has 110 valence electrons. The molecule has 0 radical (unpaired) electrons. The highest BCUT2D eigenvalue weighted by atomic mass is 35.5. The predicted octanol–water partition coefficient (Wildman–Crippen LogP) is 3.54. The summed E-state index contributed by atoms with van der Waals surface area (Å²) in [4.78, 5) is 14.1. The number of rotatable bonds is 4. The normalized spacial score (nSPS) is 19.9. The Morgan fingerprint density at radius 1 is 1.55 bits per heavy atom. The number of carbonyl (C=O) groups excluding carboxylic acids is 1. The summed E-state index contributed by atoms with van der Waals surface area (Å²) in [7, 11) is 0. The van der Waals surface area contributed by atoms with E-state index in [1.165, 1.54) is 25.0 Å². The van der Waals surface area contributed by atoms with Gasteiger partial charge in [-0.2, -0.15) is 0 Å². The first kappa shape index (κ1) is 15.3. The molecule has 1 N–H and O–H groups in total. The first-order valence-corrected chi connectivity index (χ1v) is 7.39. The van der Waals surface area contributed by atoms with E-state index < -0.39 is 5.82 Å². The smallest absolute Gasteiger partial charge is 0.225 e. The number of likely N-dealkylation sites (tertiary alicyclic amines) is 1. The SMILES string of the molecule is C[C@@H]1CCCN(CCC(=O)Nc2ccc(Cl)cc2F)C1. The van der Waals surface area contributed by atoms with Gasteiger partial charge in [0.25, 0.3) is 0 Å². The number of amides is 1. The van der Waals surface area contributed by atoms with Crippen LogP contribution in [-0.2, 0) is 4.79 Å². The number of carbonyl (C=O) groups is 1. The Labute approximate surface area is 124 Å². The average Bonchev–Trinajstić information content (AvgIpc) is 2.40. The number of benzene rings is 1. The van der Waals surface area contributed by atoms with Crippen molar-refractivity contribution in [3.63, 3.8) is 0 Å². The third-order valence-corrected chi connectivity index (χ3v) is 3.84. The van der Waals surface area contributed by atoms with Crippen LogP contribution in [0.25, 0.3) is 0 Å². The topological polar surface area (TPSA) is 32.3 Å². The summed E-state index contributed by atoms with van der Waals surface area (Å²) in [5.41, 5.74) is 0.186. The number of nitrogens with zero attached hydrogens (tertiary/aromatic N) is 1. The van der Waals surface area contributed by atoms with Gasteiger partial charge < -0.3 is 10.2 Å². The fraction of sp³-hybridized carbons (Fsp3) is 0.533. The largest absolute Gasteiger partial charge is 0.324 e. The first-order chi connectivity index (χ1) is 9.54. The van der Waals surface area contributed by atoms with Gasteiger partial charge in [-0.15, -0.1) is 0 Å². The fourth-order valence-corrected chi connectivity index (χ4v) is 2.71. The lowest BCUT2D eigenvalue weighted by molar-refractivity contribution is -0.116. The minimum atomic E-state index is -0.502. The molecule has 0 saturated carbocycles. The van der Waals surface area contributed by atoms with Crippen LogP contribution in [0.2, 0.25) is 5.02 Å². The molecule has 1 aromatic rings. The van der Waals surface area contributed by atoms with Gasteiger partial charge in [0.2, 0.25) is 5.91 Å². The maximum atomic E-state index is 13.5. The second kappa shape index (κ2) is 7.04. The molecule has 5 heteroatoms. The highest BCUT2D eigenvalue weighted by molar-refractivity contribution is 6.30. The molecule has 0 bridgehead atoms. The molecule has 1 aromatic carbocycles. The van der Waals surface area contributed by atoms with E-state index in [-0.39, 0.29) is 11.6 Å². The van der Waals surface area contributed by atoms with Gasteiger partial charge in [-0.3, -0.25) is 4.79 Å². The number of hydrogen-bond acceptors (Lipinski definition) is 2. The van der Waals surface area contributed by atoms with Crippen molar-refractivity contribution in [1.82, 2.24) is 4.90 Å². The molecule has 0 aliphatic carbocycles. The molecule has 0 aromatic heterocycles. The zero-order valence-electron chi connectivity index (χ0n) is 11.7. The average molecular weight is 299 g/mol. The zero-order valence-corrected chi connectivity index (χ0v) is 12.4. The predicted molar refractivity (Wildman–Crippen MR) is 79.5 cm³/mol. The highest BCUT2D eigenvalue weighted by Crippen LogP contribution is 2.19. The van der Waals surface area contributed by atoms with Crippen LogP contribution in [0, 0.1) is 11.7 Å². The van der Waals surface area contributed by atoms with E-state index in [0.29, 0.717) is 17.4 Å². The van der Waals surface area contributed by atoms with E-state index in [0.717, 1.165) is 19.6 Å². The summed E-state index contributed by atoms with van der Waals surface area (Å²) >= 11 is 5.67. The Morgan fingerprint density at radius 2 is 2.35 bits per heavy atom. The Hall–Kier alpha value is -1.13. The Balaban J connectivity index is 1.80. The molecule has 2 rings (SSSR count). The third-order valence-electron chi connectivity index (χ3n) is 3.60. The second-order valence-corrected chi connectivity index (χ2v) is 5.91. The van der Waals surface area contributed by atoms with E-state index in [1.54, 1.807) is 6.07 Å². The van der Waals surface area contributed by atoms with E-state index >= 15 is 0 Å². The Morgan fingerprint density at radius 3 is 3.05 bits per heavy atom. The van der Waals surface area contributed by atoms with Gasteiger partial charge in [0.1, 0.15) is 5.82 Å². The second-order valence-electron chi connectivity index (χ2n) is 5.47. The molecular formula is C15H20ClFN2O. The van der Waals surface area contributed by atoms with Crippen LogP contribution in [0.15, 0.2) is 18.2 Å². The van der Waals surface area contributed by atoms with Crippen LogP contribution in [-0.4, -0.2) is 30.4 Å². The Bertz CT molecular complexity index is 481. The molecule has 3 nitrogen and oxygen atoms in total. The van der Waals surface area contributed by atoms with Crippen LogP contribution in [0.5, 0.6) is 0 Å². The van der Waals surface area contributed by atoms with Crippen LogP contribution in [0.3, 0.4) is 0 Å². The van der Waals surface area contributed by atoms with Crippen LogP contribution in [0.1, 0.15) is 26.2 Å². The highest BCUT2D eigenvalue weighted by Gasteiger charge is 2.17. The van der Waals surface area contributed by atoms with Crippen LogP contribution >= 0.6 is 11.6 Å². The molecule has 1 aliphatic rings. The summed E-state index contributed by atoms with van der Waals surface area (Å²) in [5, 5.41) is 2.91. The van der Waals surface area contributed by atoms with Gasteiger partial charge in [-0.05, 0) is 43.5 Å². The number of anilines is 1. The standard InChI is InChI=1S/C15H20ClFN2O/c1-11-3-2-7-19(10-11)8-6-15(20)18-14-5-4-12(16)9-13(14)17/h4-5,9,11H,2-3,6-8,10H2,1H3,(H,18,20)/t11-/m1/s1. The van der Waals surface area contributed by atoms with E-state index in [1.807, 2.05) is 0 Å². The number of piperidine rings is 1. The van der Waals surface area contributed by atoms with Crippen molar-refractivity contribution < 1.29 is 9.18 Å². The van der Waals surface area contributed by atoms with Gasteiger partial charge in [0.05, 0.1) is 5.69 Å². The third kappa shape index (κ3) is 4.46. The lowest BCUT2D eigenvalue weighted by Crippen LogP contribution is -2.36. The van der Waals surface area contributed by atoms with E-state index in [2.05, 4.69) is 17.1 Å². The Kier molecular flexibility index (Phi) is 5.38. The van der Waals surface area contributed by atoms with Crippen LogP contribution < -0.4 is 5.32 Å². The number of nitrogens with one attached hydrogen (secondary N) is 1. The van der Waals surface area contributed by atoms with Crippen molar-refractivity contribution in [2.45, 2.75) is 26.2 Å². The summed E-state index contributed by atoms with van der Waals surface area (Å²) in [6, 6.07) is 4.24. The van der Waals surface area contributed by atoms with Crippen molar-refractivity contribution in [2.75, 3.05) is 25.0 Å². The minimum absolute atomic E-state index is 0.163. The lowest BCUT2D eigenvalue weighted by Gasteiger charge is -2.30. The van der Waals surface area contributed by atoms with Gasteiger partial charge >= 0.3 is 0 Å². The molecule has 1 atom stereocenters. The first-order valence-electron chi connectivity index (χ1n) is 7.02. The van der Waals surface area contributed by atoms with Crippen LogP contribution in [0.4, 0.5) is 10.1 Å². The van der Waals surface area contributed by atoms with Crippen molar-refractivity contribution in [1.29, 1.82) is 0 Å². The number of hydrogen-bond donors (Lipinski definition) is 1. The maximum absolute atomic E-state index is 13.5.